The van der Waals surface area contributed by atoms with Crippen molar-refractivity contribution >= 4 is 21.9 Å². The van der Waals surface area contributed by atoms with Gasteiger partial charge < -0.3 is 15.3 Å². The fourth-order valence-corrected chi connectivity index (χ4v) is 4.78. The van der Waals surface area contributed by atoms with Gasteiger partial charge in [0.1, 0.15) is 5.65 Å². The topological polar surface area (TPSA) is 59.7 Å². The van der Waals surface area contributed by atoms with Crippen LogP contribution in [0.15, 0.2) is 67.0 Å². The van der Waals surface area contributed by atoms with Crippen molar-refractivity contribution in [3.63, 3.8) is 0 Å². The number of rotatable bonds is 4. The molecule has 0 saturated carbocycles. The molecule has 3 aromatic heterocycles. The van der Waals surface area contributed by atoms with Crippen LogP contribution in [-0.2, 0) is 6.54 Å². The van der Waals surface area contributed by atoms with Crippen molar-refractivity contribution in [1.82, 2.24) is 25.2 Å². The SMILES string of the molecule is Cc1cc2cc(-c3c[nH]c4ncc(-c5ccc(CN6CCNCC6)cc5)cc34)ccc2[nH]1. The minimum atomic E-state index is 0.921. The lowest BCUT2D eigenvalue weighted by molar-refractivity contribution is 0.233. The molecule has 1 saturated heterocycles. The van der Waals surface area contributed by atoms with E-state index in [0.29, 0.717) is 0 Å². The minimum Gasteiger partial charge on any atom is -0.359 e. The lowest BCUT2D eigenvalue weighted by Crippen LogP contribution is -2.42. The Bertz CT molecular complexity index is 1390. The highest BCUT2D eigenvalue weighted by molar-refractivity contribution is 5.98. The van der Waals surface area contributed by atoms with Crippen molar-refractivity contribution in [3.05, 3.63) is 78.2 Å². The molecule has 0 bridgehead atoms. The standard InChI is InChI=1S/C27H27N5/c1-18-12-22-13-21(6-7-26(22)31-18)25-16-30-27-24(25)14-23(15-29-27)20-4-2-19(3-5-20)17-32-10-8-28-9-11-32/h2-7,12-16,28,31H,8-11,17H2,1H3,(H,29,30). The number of hydrogen-bond acceptors (Lipinski definition) is 3. The first kappa shape index (κ1) is 19.3. The van der Waals surface area contributed by atoms with Gasteiger partial charge in [0.2, 0.25) is 0 Å². The maximum Gasteiger partial charge on any atom is 0.137 e. The van der Waals surface area contributed by atoms with Crippen LogP contribution in [0.4, 0.5) is 0 Å². The Balaban J connectivity index is 1.31. The Morgan fingerprint density at radius 2 is 1.72 bits per heavy atom. The Labute approximate surface area is 187 Å². The number of nitrogens with zero attached hydrogens (tertiary/aromatic N) is 2. The molecule has 0 radical (unpaired) electrons. The molecule has 0 amide bonds. The third-order valence-electron chi connectivity index (χ3n) is 6.50. The van der Waals surface area contributed by atoms with Gasteiger partial charge in [0.15, 0.2) is 0 Å². The van der Waals surface area contributed by atoms with Crippen molar-refractivity contribution in [1.29, 1.82) is 0 Å². The third-order valence-corrected chi connectivity index (χ3v) is 6.50. The molecule has 1 aliphatic heterocycles. The Hall–Kier alpha value is -3.41. The number of hydrogen-bond donors (Lipinski definition) is 3. The number of H-pyrrole nitrogens is 2. The van der Waals surface area contributed by atoms with Gasteiger partial charge in [-0.15, -0.1) is 0 Å². The second kappa shape index (κ2) is 7.93. The van der Waals surface area contributed by atoms with Crippen LogP contribution >= 0.6 is 0 Å². The van der Waals surface area contributed by atoms with Crippen LogP contribution in [0.5, 0.6) is 0 Å². The van der Waals surface area contributed by atoms with E-state index < -0.39 is 0 Å². The van der Waals surface area contributed by atoms with Gasteiger partial charge in [-0.25, -0.2) is 4.98 Å². The number of aromatic amines is 2. The van der Waals surface area contributed by atoms with Crippen LogP contribution in [0.1, 0.15) is 11.3 Å². The summed E-state index contributed by atoms with van der Waals surface area (Å²) in [7, 11) is 0. The number of aromatic nitrogens is 3. The molecule has 6 rings (SSSR count). The normalized spacial score (nSPS) is 15.0. The summed E-state index contributed by atoms with van der Waals surface area (Å²) >= 11 is 0. The first-order chi connectivity index (χ1) is 15.7. The number of benzene rings is 2. The average molecular weight is 422 g/mol. The zero-order chi connectivity index (χ0) is 21.5. The second-order valence-electron chi connectivity index (χ2n) is 8.80. The van der Waals surface area contributed by atoms with Crippen LogP contribution in [-0.4, -0.2) is 46.0 Å². The summed E-state index contributed by atoms with van der Waals surface area (Å²) in [6, 6.07) is 20.0. The molecular formula is C27H27N5. The summed E-state index contributed by atoms with van der Waals surface area (Å²) in [6.45, 7) is 7.51. The van der Waals surface area contributed by atoms with E-state index in [1.165, 1.54) is 38.9 Å². The molecule has 4 heterocycles. The molecule has 0 aliphatic carbocycles. The average Bonchev–Trinajstić information content (AvgIpc) is 3.41. The second-order valence-corrected chi connectivity index (χ2v) is 8.80. The number of piperazine rings is 1. The van der Waals surface area contributed by atoms with E-state index in [9.17, 15) is 0 Å². The van der Waals surface area contributed by atoms with Gasteiger partial charge in [-0.1, -0.05) is 30.3 Å². The van der Waals surface area contributed by atoms with Gasteiger partial charge in [0, 0.05) is 78.2 Å². The summed E-state index contributed by atoms with van der Waals surface area (Å²) < 4.78 is 0. The van der Waals surface area contributed by atoms with Gasteiger partial charge in [-0.3, -0.25) is 4.90 Å². The van der Waals surface area contributed by atoms with Gasteiger partial charge >= 0.3 is 0 Å². The highest BCUT2D eigenvalue weighted by Crippen LogP contribution is 2.33. The lowest BCUT2D eigenvalue weighted by Gasteiger charge is -2.27. The van der Waals surface area contributed by atoms with E-state index in [0.717, 1.165) is 49.3 Å². The quantitative estimate of drug-likeness (QED) is 0.379. The van der Waals surface area contributed by atoms with Crippen molar-refractivity contribution in [2.75, 3.05) is 26.2 Å². The molecule has 160 valence electrons. The molecule has 0 spiro atoms. The Kier molecular flexibility index (Phi) is 4.78. The zero-order valence-electron chi connectivity index (χ0n) is 18.3. The van der Waals surface area contributed by atoms with Gasteiger partial charge in [-0.05, 0) is 47.9 Å². The molecule has 1 aliphatic rings. The third kappa shape index (κ3) is 3.60. The molecule has 5 aromatic rings. The maximum atomic E-state index is 4.71. The first-order valence-corrected chi connectivity index (χ1v) is 11.3. The number of pyridine rings is 1. The van der Waals surface area contributed by atoms with Crippen molar-refractivity contribution in [2.24, 2.45) is 0 Å². The molecule has 5 heteroatoms. The summed E-state index contributed by atoms with van der Waals surface area (Å²) in [6.07, 6.45) is 4.03. The van der Waals surface area contributed by atoms with Crippen molar-refractivity contribution in [2.45, 2.75) is 13.5 Å². The van der Waals surface area contributed by atoms with E-state index >= 15 is 0 Å². The summed E-state index contributed by atoms with van der Waals surface area (Å²) in [5.74, 6) is 0. The fourth-order valence-electron chi connectivity index (χ4n) is 4.78. The van der Waals surface area contributed by atoms with Crippen molar-refractivity contribution < 1.29 is 0 Å². The predicted molar refractivity (Wildman–Crippen MR) is 132 cm³/mol. The predicted octanol–water partition coefficient (Wildman–Crippen LogP) is 5.09. The maximum absolute atomic E-state index is 4.71. The summed E-state index contributed by atoms with van der Waals surface area (Å²) in [5, 5.41) is 5.80. The van der Waals surface area contributed by atoms with Crippen LogP contribution in [0, 0.1) is 6.92 Å². The Morgan fingerprint density at radius 1 is 0.906 bits per heavy atom. The molecule has 0 unspecified atom stereocenters. The van der Waals surface area contributed by atoms with E-state index in [4.69, 9.17) is 4.98 Å². The number of nitrogens with one attached hydrogen (secondary N) is 3. The van der Waals surface area contributed by atoms with E-state index in [1.54, 1.807) is 0 Å². The van der Waals surface area contributed by atoms with E-state index in [2.05, 4.69) is 87.9 Å². The molecule has 3 N–H and O–H groups in total. The molecule has 1 fully saturated rings. The van der Waals surface area contributed by atoms with Crippen LogP contribution in [0.2, 0.25) is 0 Å². The smallest absolute Gasteiger partial charge is 0.137 e. The number of fused-ring (bicyclic) bond motifs is 2. The summed E-state index contributed by atoms with van der Waals surface area (Å²) in [5.41, 5.74) is 9.37. The van der Waals surface area contributed by atoms with Crippen LogP contribution in [0.3, 0.4) is 0 Å². The van der Waals surface area contributed by atoms with E-state index in [-0.39, 0.29) is 0 Å². The molecule has 0 atom stereocenters. The summed E-state index contributed by atoms with van der Waals surface area (Å²) in [4.78, 5) is 14.0. The monoisotopic (exact) mass is 421 g/mol. The number of aryl methyl sites for hydroxylation is 1. The first-order valence-electron chi connectivity index (χ1n) is 11.3. The van der Waals surface area contributed by atoms with Crippen LogP contribution in [0.25, 0.3) is 44.2 Å². The minimum absolute atomic E-state index is 0.921. The lowest BCUT2D eigenvalue weighted by atomic mass is 10.0. The largest absolute Gasteiger partial charge is 0.359 e. The highest BCUT2D eigenvalue weighted by Gasteiger charge is 2.12. The van der Waals surface area contributed by atoms with E-state index in [1.807, 2.05) is 6.20 Å². The molecule has 2 aromatic carbocycles. The molecule has 32 heavy (non-hydrogen) atoms. The van der Waals surface area contributed by atoms with Crippen molar-refractivity contribution in [3.8, 4) is 22.3 Å². The van der Waals surface area contributed by atoms with Gasteiger partial charge in [-0.2, -0.15) is 0 Å². The molecule has 5 nitrogen and oxygen atoms in total. The molecular weight excluding hydrogens is 394 g/mol. The van der Waals surface area contributed by atoms with Crippen LogP contribution < -0.4 is 5.32 Å². The Morgan fingerprint density at radius 3 is 2.56 bits per heavy atom. The van der Waals surface area contributed by atoms with Gasteiger partial charge in [0.25, 0.3) is 0 Å². The highest BCUT2D eigenvalue weighted by atomic mass is 15.2. The zero-order valence-corrected chi connectivity index (χ0v) is 18.3. The fraction of sp³-hybridized carbons (Fsp3) is 0.222. The van der Waals surface area contributed by atoms with Gasteiger partial charge in [0.05, 0.1) is 0 Å².